The molecule has 0 heterocycles. The number of carboxylic acids is 1. The van der Waals surface area contributed by atoms with Crippen LogP contribution in [-0.4, -0.2) is 18.2 Å². The van der Waals surface area contributed by atoms with E-state index >= 15 is 0 Å². The predicted octanol–water partition coefficient (Wildman–Crippen LogP) is 3.16. The number of carboxylic acid groups (broad SMARTS) is 1. The monoisotopic (exact) mass is 228 g/mol. The van der Waals surface area contributed by atoms with Gasteiger partial charge in [0.25, 0.3) is 0 Å². The molecule has 0 atom stereocenters. The van der Waals surface area contributed by atoms with Crippen LogP contribution in [0.1, 0.15) is 15.9 Å². The summed E-state index contributed by atoms with van der Waals surface area (Å²) in [4.78, 5) is 11.1. The molecule has 0 saturated heterocycles. The Balaban J connectivity index is 2.69. The van der Waals surface area contributed by atoms with E-state index in [0.717, 1.165) is 16.3 Å². The van der Waals surface area contributed by atoms with Crippen LogP contribution in [0.2, 0.25) is 0 Å². The van der Waals surface area contributed by atoms with Crippen molar-refractivity contribution in [2.45, 2.75) is 0 Å². The van der Waals surface area contributed by atoms with Gasteiger partial charge in [0.05, 0.1) is 18.9 Å². The van der Waals surface area contributed by atoms with Gasteiger partial charge >= 0.3 is 5.97 Å². The first-order valence-electron chi connectivity index (χ1n) is 5.18. The smallest absolute Gasteiger partial charge is 0.336 e. The highest BCUT2D eigenvalue weighted by Crippen LogP contribution is 2.23. The zero-order chi connectivity index (χ0) is 12.3. The molecule has 0 bridgehead atoms. The number of hydrogen-bond acceptors (Lipinski definition) is 2. The molecule has 0 aliphatic rings. The molecule has 0 spiro atoms. The van der Waals surface area contributed by atoms with Gasteiger partial charge in [-0.15, -0.1) is 0 Å². The fraction of sp³-hybridized carbons (Fsp3) is 0.0714. The van der Waals surface area contributed by atoms with Crippen molar-refractivity contribution in [3.05, 3.63) is 53.8 Å². The van der Waals surface area contributed by atoms with Gasteiger partial charge in [-0.3, -0.25) is 0 Å². The van der Waals surface area contributed by atoms with Crippen molar-refractivity contribution in [1.82, 2.24) is 0 Å². The number of hydrogen-bond donors (Lipinski definition) is 1. The summed E-state index contributed by atoms with van der Waals surface area (Å²) in [6.45, 7) is 0. The summed E-state index contributed by atoms with van der Waals surface area (Å²) in [5.41, 5.74) is 1.25. The average molecular weight is 228 g/mol. The van der Waals surface area contributed by atoms with E-state index in [4.69, 9.17) is 9.84 Å². The lowest BCUT2D eigenvalue weighted by Gasteiger charge is -2.05. The Bertz CT molecular complexity index is 585. The Hall–Kier alpha value is -2.29. The van der Waals surface area contributed by atoms with Gasteiger partial charge in [-0.1, -0.05) is 30.3 Å². The third-order valence-corrected chi connectivity index (χ3v) is 2.57. The molecule has 17 heavy (non-hydrogen) atoms. The average Bonchev–Trinajstić information content (AvgIpc) is 2.35. The lowest BCUT2D eigenvalue weighted by molar-refractivity contribution is 0.0699. The molecule has 1 N–H and O–H groups in total. The van der Waals surface area contributed by atoms with E-state index in [2.05, 4.69) is 0 Å². The van der Waals surface area contributed by atoms with Gasteiger partial charge in [0.15, 0.2) is 0 Å². The maximum atomic E-state index is 11.1. The zero-order valence-electron chi connectivity index (χ0n) is 9.38. The van der Waals surface area contributed by atoms with E-state index in [9.17, 15) is 4.79 Å². The molecule has 0 unspecified atom stereocenters. The van der Waals surface area contributed by atoms with Crippen LogP contribution in [-0.2, 0) is 4.74 Å². The first kappa shape index (κ1) is 11.2. The van der Waals surface area contributed by atoms with E-state index in [1.807, 2.05) is 30.3 Å². The third kappa shape index (κ3) is 2.13. The molecule has 3 nitrogen and oxygen atoms in total. The first-order valence-corrected chi connectivity index (χ1v) is 5.18. The Morgan fingerprint density at radius 1 is 1.18 bits per heavy atom. The van der Waals surface area contributed by atoms with Crippen molar-refractivity contribution in [3.63, 3.8) is 0 Å². The van der Waals surface area contributed by atoms with E-state index < -0.39 is 5.97 Å². The van der Waals surface area contributed by atoms with Gasteiger partial charge < -0.3 is 9.84 Å². The summed E-state index contributed by atoms with van der Waals surface area (Å²) in [6, 6.07) is 10.8. The molecule has 0 amide bonds. The van der Waals surface area contributed by atoms with Gasteiger partial charge in [-0.25, -0.2) is 4.79 Å². The predicted molar refractivity (Wildman–Crippen MR) is 67.0 cm³/mol. The first-order chi connectivity index (χ1) is 8.24. The lowest BCUT2D eigenvalue weighted by Crippen LogP contribution is -1.97. The number of aromatic carboxylic acids is 1. The SMILES string of the molecule is COC=Cc1cccc2c(C(=O)O)cccc12. The van der Waals surface area contributed by atoms with Gasteiger partial charge in [0, 0.05) is 0 Å². The van der Waals surface area contributed by atoms with E-state index in [-0.39, 0.29) is 0 Å². The largest absolute Gasteiger partial charge is 0.504 e. The molecule has 0 aliphatic carbocycles. The zero-order valence-corrected chi connectivity index (χ0v) is 9.38. The second-order valence-corrected chi connectivity index (χ2v) is 3.59. The van der Waals surface area contributed by atoms with E-state index in [1.165, 1.54) is 0 Å². The van der Waals surface area contributed by atoms with Crippen LogP contribution in [0.15, 0.2) is 42.7 Å². The molecule has 0 fully saturated rings. The maximum Gasteiger partial charge on any atom is 0.336 e. The van der Waals surface area contributed by atoms with E-state index in [1.54, 1.807) is 25.5 Å². The summed E-state index contributed by atoms with van der Waals surface area (Å²) in [6.07, 6.45) is 3.39. The normalized spacial score (nSPS) is 10.9. The number of methoxy groups -OCH3 is 1. The summed E-state index contributed by atoms with van der Waals surface area (Å²) in [5.74, 6) is -0.913. The second-order valence-electron chi connectivity index (χ2n) is 3.59. The Morgan fingerprint density at radius 2 is 1.88 bits per heavy atom. The molecular weight excluding hydrogens is 216 g/mol. The Morgan fingerprint density at radius 3 is 2.59 bits per heavy atom. The Labute approximate surface area is 99.0 Å². The van der Waals surface area contributed by atoms with Crippen LogP contribution in [0.4, 0.5) is 0 Å². The minimum absolute atomic E-state index is 0.315. The van der Waals surface area contributed by atoms with Crippen LogP contribution in [0, 0.1) is 0 Å². The highest BCUT2D eigenvalue weighted by Gasteiger charge is 2.08. The summed E-state index contributed by atoms with van der Waals surface area (Å²) in [5, 5.41) is 10.7. The maximum absolute atomic E-state index is 11.1. The number of benzene rings is 2. The van der Waals surface area contributed by atoms with Crippen molar-refractivity contribution in [2.24, 2.45) is 0 Å². The Kier molecular flexibility index (Phi) is 3.10. The highest BCUT2D eigenvalue weighted by molar-refractivity contribution is 6.05. The minimum atomic E-state index is -0.913. The quantitative estimate of drug-likeness (QED) is 0.821. The second kappa shape index (κ2) is 4.70. The topological polar surface area (TPSA) is 46.5 Å². The van der Waals surface area contributed by atoms with Crippen LogP contribution < -0.4 is 0 Å². The number of fused-ring (bicyclic) bond motifs is 1. The summed E-state index contributed by atoms with van der Waals surface area (Å²) in [7, 11) is 1.57. The molecule has 0 radical (unpaired) electrons. The highest BCUT2D eigenvalue weighted by atomic mass is 16.5. The van der Waals surface area contributed by atoms with Gasteiger partial charge in [0.1, 0.15) is 0 Å². The van der Waals surface area contributed by atoms with Gasteiger partial charge in [-0.2, -0.15) is 0 Å². The molecule has 86 valence electrons. The van der Waals surface area contributed by atoms with Crippen LogP contribution >= 0.6 is 0 Å². The van der Waals surface area contributed by atoms with Crippen molar-refractivity contribution < 1.29 is 14.6 Å². The molecule has 2 aromatic carbocycles. The van der Waals surface area contributed by atoms with E-state index in [0.29, 0.717) is 5.56 Å². The fourth-order valence-electron chi connectivity index (χ4n) is 1.81. The van der Waals surface area contributed by atoms with Crippen molar-refractivity contribution in [2.75, 3.05) is 7.11 Å². The molecule has 0 aliphatic heterocycles. The molecule has 0 saturated carbocycles. The van der Waals surface area contributed by atoms with Crippen LogP contribution in [0.25, 0.3) is 16.8 Å². The summed E-state index contributed by atoms with van der Waals surface area (Å²) >= 11 is 0. The standard InChI is InChI=1S/C14H12O3/c1-17-9-8-10-4-2-6-12-11(10)5-3-7-13(12)14(15)16/h2-9H,1H3,(H,15,16). The van der Waals surface area contributed by atoms with Gasteiger partial charge in [0.2, 0.25) is 0 Å². The molecular formula is C14H12O3. The number of rotatable bonds is 3. The van der Waals surface area contributed by atoms with Crippen molar-refractivity contribution in [3.8, 4) is 0 Å². The fourth-order valence-corrected chi connectivity index (χ4v) is 1.81. The molecule has 2 aromatic rings. The molecule has 2 rings (SSSR count). The number of carbonyl (C=O) groups is 1. The summed E-state index contributed by atoms with van der Waals surface area (Å²) < 4.78 is 4.88. The minimum Gasteiger partial charge on any atom is -0.504 e. The van der Waals surface area contributed by atoms with Crippen molar-refractivity contribution in [1.29, 1.82) is 0 Å². The van der Waals surface area contributed by atoms with Crippen LogP contribution in [0.5, 0.6) is 0 Å². The van der Waals surface area contributed by atoms with Crippen LogP contribution in [0.3, 0.4) is 0 Å². The molecule has 3 heteroatoms. The molecule has 0 aromatic heterocycles. The third-order valence-electron chi connectivity index (χ3n) is 2.57. The number of ether oxygens (including phenoxy) is 1. The lowest BCUT2D eigenvalue weighted by atomic mass is 10.00. The van der Waals surface area contributed by atoms with Crippen molar-refractivity contribution >= 4 is 22.8 Å². The van der Waals surface area contributed by atoms with Gasteiger partial charge in [-0.05, 0) is 28.5 Å².